The van der Waals surface area contributed by atoms with Gasteiger partial charge in [-0.3, -0.25) is 0 Å². The van der Waals surface area contributed by atoms with Crippen LogP contribution in [-0.2, 0) is 0 Å². The van der Waals surface area contributed by atoms with Crippen LogP contribution >= 0.6 is 15.9 Å². The van der Waals surface area contributed by atoms with Crippen molar-refractivity contribution in [3.05, 3.63) is 28.0 Å². The molecule has 1 aliphatic rings. The molecule has 18 heavy (non-hydrogen) atoms. The van der Waals surface area contributed by atoms with Gasteiger partial charge in [0.2, 0.25) is 0 Å². The first-order chi connectivity index (χ1) is 8.54. The molecule has 1 aromatic carbocycles. The van der Waals surface area contributed by atoms with E-state index in [0.717, 1.165) is 19.5 Å². The van der Waals surface area contributed by atoms with Gasteiger partial charge in [-0.1, -0.05) is 0 Å². The van der Waals surface area contributed by atoms with Gasteiger partial charge < -0.3 is 9.80 Å². The molecule has 0 aromatic heterocycles. The number of hydrogen-bond acceptors (Lipinski definition) is 3. The third-order valence-corrected chi connectivity index (χ3v) is 4.19. The van der Waals surface area contributed by atoms with E-state index < -0.39 is 0 Å². The highest BCUT2D eigenvalue weighted by molar-refractivity contribution is 9.10. The first-order valence-corrected chi connectivity index (χ1v) is 6.63. The van der Waals surface area contributed by atoms with Gasteiger partial charge >= 0.3 is 0 Å². The summed E-state index contributed by atoms with van der Waals surface area (Å²) in [4.78, 5) is 4.20. The number of halogens is 2. The maximum atomic E-state index is 14.2. The van der Waals surface area contributed by atoms with Crippen molar-refractivity contribution < 1.29 is 4.39 Å². The second-order valence-electron chi connectivity index (χ2n) is 4.72. The smallest absolute Gasteiger partial charge is 0.161 e. The predicted octanol–water partition coefficient (Wildman–Crippen LogP) is 2.60. The Kier molecular flexibility index (Phi) is 3.88. The Labute approximate surface area is 115 Å². The van der Waals surface area contributed by atoms with Crippen LogP contribution in [-0.4, -0.2) is 38.1 Å². The monoisotopic (exact) mass is 311 g/mol. The van der Waals surface area contributed by atoms with E-state index in [1.54, 1.807) is 12.1 Å². The summed E-state index contributed by atoms with van der Waals surface area (Å²) < 4.78 is 14.4. The van der Waals surface area contributed by atoms with E-state index in [-0.39, 0.29) is 10.3 Å². The quantitative estimate of drug-likeness (QED) is 0.841. The minimum Gasteiger partial charge on any atom is -0.368 e. The summed E-state index contributed by atoms with van der Waals surface area (Å²) in [6.45, 7) is 1.67. The molecule has 96 valence electrons. The third kappa shape index (κ3) is 2.36. The molecule has 1 heterocycles. The molecule has 0 radical (unpaired) electrons. The molecule has 1 aliphatic heterocycles. The number of hydrogen-bond donors (Lipinski definition) is 0. The summed E-state index contributed by atoms with van der Waals surface area (Å²) in [7, 11) is 4.08. The zero-order chi connectivity index (χ0) is 13.3. The van der Waals surface area contributed by atoms with Crippen molar-refractivity contribution in [2.45, 2.75) is 12.5 Å². The average molecular weight is 312 g/mol. The van der Waals surface area contributed by atoms with Crippen molar-refractivity contribution in [1.29, 1.82) is 5.26 Å². The van der Waals surface area contributed by atoms with E-state index in [1.165, 1.54) is 0 Å². The number of benzene rings is 1. The minimum absolute atomic E-state index is 0.260. The van der Waals surface area contributed by atoms with Crippen LogP contribution in [0.3, 0.4) is 0 Å². The Hall–Kier alpha value is -1.12. The molecule has 2 rings (SSSR count). The summed E-state index contributed by atoms with van der Waals surface area (Å²) in [5, 5.41) is 8.85. The number of anilines is 1. The maximum absolute atomic E-state index is 14.2. The van der Waals surface area contributed by atoms with Gasteiger partial charge in [0.1, 0.15) is 6.07 Å². The lowest BCUT2D eigenvalue weighted by atomic mass is 10.2. The van der Waals surface area contributed by atoms with Crippen molar-refractivity contribution in [2.24, 2.45) is 0 Å². The zero-order valence-corrected chi connectivity index (χ0v) is 12.0. The Balaban J connectivity index is 2.26. The summed E-state index contributed by atoms with van der Waals surface area (Å²) in [6.07, 6.45) is 1.03. The van der Waals surface area contributed by atoms with E-state index in [2.05, 4.69) is 20.8 Å². The predicted molar refractivity (Wildman–Crippen MR) is 73.1 cm³/mol. The molecule has 1 saturated heterocycles. The maximum Gasteiger partial charge on any atom is 0.161 e. The van der Waals surface area contributed by atoms with Gasteiger partial charge in [-0.25, -0.2) is 4.39 Å². The summed E-state index contributed by atoms with van der Waals surface area (Å²) in [5.41, 5.74) is 0.907. The molecule has 3 nitrogen and oxygen atoms in total. The fourth-order valence-electron chi connectivity index (χ4n) is 2.25. The van der Waals surface area contributed by atoms with Crippen LogP contribution in [0.2, 0.25) is 0 Å². The molecule has 0 saturated carbocycles. The van der Waals surface area contributed by atoms with Gasteiger partial charge in [0.25, 0.3) is 0 Å². The van der Waals surface area contributed by atoms with E-state index in [9.17, 15) is 4.39 Å². The Bertz CT molecular complexity index is 496. The Morgan fingerprint density at radius 1 is 1.50 bits per heavy atom. The lowest BCUT2D eigenvalue weighted by Crippen LogP contribution is -2.31. The largest absolute Gasteiger partial charge is 0.368 e. The van der Waals surface area contributed by atoms with Crippen molar-refractivity contribution in [1.82, 2.24) is 4.90 Å². The van der Waals surface area contributed by atoms with Crippen LogP contribution < -0.4 is 4.90 Å². The first-order valence-electron chi connectivity index (χ1n) is 5.84. The Morgan fingerprint density at radius 3 is 2.78 bits per heavy atom. The summed E-state index contributed by atoms with van der Waals surface area (Å²) in [5.74, 6) is -0.339. The van der Waals surface area contributed by atoms with Crippen LogP contribution in [0.25, 0.3) is 0 Å². The fraction of sp³-hybridized carbons (Fsp3) is 0.462. The molecule has 0 spiro atoms. The highest BCUT2D eigenvalue weighted by atomic mass is 79.9. The molecule has 1 atom stereocenters. The standard InChI is InChI=1S/C13H15BrFN3/c1-17(2)10-5-6-18(8-10)11-4-3-9(7-16)12(14)13(11)15/h3-4,10H,5-6,8H2,1-2H3. The number of rotatable bonds is 2. The highest BCUT2D eigenvalue weighted by Gasteiger charge is 2.26. The molecular weight excluding hydrogens is 297 g/mol. The topological polar surface area (TPSA) is 30.3 Å². The number of nitrogens with zero attached hydrogens (tertiary/aromatic N) is 3. The van der Waals surface area contributed by atoms with Gasteiger partial charge in [0, 0.05) is 19.1 Å². The zero-order valence-electron chi connectivity index (χ0n) is 10.5. The van der Waals surface area contributed by atoms with Gasteiger partial charge in [-0.05, 0) is 48.6 Å². The molecule has 1 aromatic rings. The molecule has 0 bridgehead atoms. The molecule has 0 aliphatic carbocycles. The Morgan fingerprint density at radius 2 is 2.22 bits per heavy atom. The molecule has 1 unspecified atom stereocenters. The van der Waals surface area contributed by atoms with E-state index in [0.29, 0.717) is 17.3 Å². The fourth-order valence-corrected chi connectivity index (χ4v) is 2.68. The van der Waals surface area contributed by atoms with Crippen molar-refractivity contribution in [3.63, 3.8) is 0 Å². The second kappa shape index (κ2) is 5.25. The molecule has 0 N–H and O–H groups in total. The lowest BCUT2D eigenvalue weighted by molar-refractivity contribution is 0.315. The van der Waals surface area contributed by atoms with E-state index in [4.69, 9.17) is 5.26 Å². The minimum atomic E-state index is -0.339. The molecular formula is C13H15BrFN3. The molecule has 5 heteroatoms. The molecule has 0 amide bonds. The van der Waals surface area contributed by atoms with Gasteiger partial charge in [-0.2, -0.15) is 5.26 Å². The average Bonchev–Trinajstić information content (AvgIpc) is 2.82. The van der Waals surface area contributed by atoms with E-state index in [1.807, 2.05) is 25.1 Å². The summed E-state index contributed by atoms with van der Waals surface area (Å²) >= 11 is 3.15. The number of likely N-dealkylation sites (N-methyl/N-ethyl adjacent to an activating group) is 1. The number of nitriles is 1. The SMILES string of the molecule is CN(C)C1CCN(c2ccc(C#N)c(Br)c2F)C1. The van der Waals surface area contributed by atoms with Crippen LogP contribution in [0.5, 0.6) is 0 Å². The normalized spacial score (nSPS) is 19.3. The van der Waals surface area contributed by atoms with Crippen molar-refractivity contribution >= 4 is 21.6 Å². The van der Waals surface area contributed by atoms with Gasteiger partial charge in [-0.15, -0.1) is 0 Å². The molecule has 1 fully saturated rings. The van der Waals surface area contributed by atoms with Crippen LogP contribution in [0.1, 0.15) is 12.0 Å². The van der Waals surface area contributed by atoms with Crippen molar-refractivity contribution in [2.75, 3.05) is 32.1 Å². The summed E-state index contributed by atoms with van der Waals surface area (Å²) in [6, 6.07) is 5.77. The lowest BCUT2D eigenvalue weighted by Gasteiger charge is -2.22. The van der Waals surface area contributed by atoms with E-state index >= 15 is 0 Å². The van der Waals surface area contributed by atoms with Crippen molar-refractivity contribution in [3.8, 4) is 6.07 Å². The van der Waals surface area contributed by atoms with Crippen LogP contribution in [0.4, 0.5) is 10.1 Å². The van der Waals surface area contributed by atoms with Gasteiger partial charge in [0.05, 0.1) is 15.7 Å². The van der Waals surface area contributed by atoms with Gasteiger partial charge in [0.15, 0.2) is 5.82 Å². The van der Waals surface area contributed by atoms with Crippen LogP contribution in [0, 0.1) is 17.1 Å². The highest BCUT2D eigenvalue weighted by Crippen LogP contribution is 2.31. The first kappa shape index (κ1) is 13.3. The second-order valence-corrected chi connectivity index (χ2v) is 5.52. The van der Waals surface area contributed by atoms with Crippen LogP contribution in [0.15, 0.2) is 16.6 Å². The third-order valence-electron chi connectivity index (χ3n) is 3.42.